The number of anilines is 2. The molecule has 0 bridgehead atoms. The average molecular weight is 355 g/mol. The summed E-state index contributed by atoms with van der Waals surface area (Å²) >= 11 is 11.7. The number of aromatic nitrogens is 2. The van der Waals surface area contributed by atoms with Gasteiger partial charge in [-0.1, -0.05) is 23.2 Å². The lowest BCUT2D eigenvalue weighted by Gasteiger charge is -2.17. The van der Waals surface area contributed by atoms with Gasteiger partial charge in [-0.05, 0) is 25.1 Å². The van der Waals surface area contributed by atoms with Gasteiger partial charge in [0.05, 0.1) is 16.6 Å². The summed E-state index contributed by atoms with van der Waals surface area (Å²) < 4.78 is 1.52. The molecule has 0 aliphatic carbocycles. The second kappa shape index (κ2) is 7.48. The molecule has 23 heavy (non-hydrogen) atoms. The SMILES string of the molecule is CCn1ccnc(N(C)CC(=O)Nc2ccc(Cl)c(Cl)c2)c1=O. The van der Waals surface area contributed by atoms with E-state index >= 15 is 0 Å². The molecule has 0 fully saturated rings. The number of benzene rings is 1. The minimum absolute atomic E-state index is 0.0176. The highest BCUT2D eigenvalue weighted by atomic mass is 35.5. The van der Waals surface area contributed by atoms with Gasteiger partial charge in [0.25, 0.3) is 5.56 Å². The zero-order valence-electron chi connectivity index (χ0n) is 12.7. The standard InChI is InChI=1S/C15H16Cl2N4O2/c1-3-21-7-6-18-14(15(21)23)20(2)9-13(22)19-10-4-5-11(16)12(17)8-10/h4-8H,3,9H2,1-2H3,(H,19,22). The Morgan fingerprint density at radius 3 is 2.74 bits per heavy atom. The van der Waals surface area contributed by atoms with Crippen LogP contribution in [0.5, 0.6) is 0 Å². The van der Waals surface area contributed by atoms with Gasteiger partial charge in [0.1, 0.15) is 0 Å². The van der Waals surface area contributed by atoms with Crippen LogP contribution in [0.1, 0.15) is 6.92 Å². The van der Waals surface area contributed by atoms with Crippen molar-refractivity contribution < 1.29 is 4.79 Å². The fourth-order valence-electron chi connectivity index (χ4n) is 2.01. The van der Waals surface area contributed by atoms with Crippen molar-refractivity contribution in [1.29, 1.82) is 0 Å². The van der Waals surface area contributed by atoms with Crippen LogP contribution in [-0.2, 0) is 11.3 Å². The smallest absolute Gasteiger partial charge is 0.293 e. The molecule has 8 heteroatoms. The Morgan fingerprint density at radius 2 is 2.09 bits per heavy atom. The Bertz CT molecular complexity index is 776. The predicted octanol–water partition coefficient (Wildman–Crippen LogP) is 2.64. The van der Waals surface area contributed by atoms with Gasteiger partial charge in [-0.3, -0.25) is 9.59 Å². The maximum atomic E-state index is 12.2. The summed E-state index contributed by atoms with van der Waals surface area (Å²) in [6, 6.07) is 4.81. The molecule has 0 spiro atoms. The number of carbonyl (C=O) groups is 1. The molecule has 6 nitrogen and oxygen atoms in total. The van der Waals surface area contributed by atoms with E-state index in [9.17, 15) is 9.59 Å². The minimum Gasteiger partial charge on any atom is -0.346 e. The van der Waals surface area contributed by atoms with E-state index in [1.165, 1.54) is 15.7 Å². The van der Waals surface area contributed by atoms with E-state index in [0.29, 0.717) is 22.3 Å². The van der Waals surface area contributed by atoms with Gasteiger partial charge in [0, 0.05) is 31.7 Å². The van der Waals surface area contributed by atoms with Crippen LogP contribution in [0.25, 0.3) is 0 Å². The van der Waals surface area contributed by atoms with Crippen LogP contribution >= 0.6 is 23.2 Å². The summed E-state index contributed by atoms with van der Waals surface area (Å²) in [4.78, 5) is 29.8. The first-order valence-electron chi connectivity index (χ1n) is 6.94. The van der Waals surface area contributed by atoms with Crippen LogP contribution in [0, 0.1) is 0 Å². The first-order valence-corrected chi connectivity index (χ1v) is 7.69. The minimum atomic E-state index is -0.293. The fraction of sp³-hybridized carbons (Fsp3) is 0.267. The summed E-state index contributed by atoms with van der Waals surface area (Å²) in [5.74, 6) is -0.0716. The van der Waals surface area contributed by atoms with Crippen molar-refractivity contribution in [2.45, 2.75) is 13.5 Å². The third-order valence-corrected chi connectivity index (χ3v) is 3.92. The van der Waals surface area contributed by atoms with E-state index in [4.69, 9.17) is 23.2 Å². The summed E-state index contributed by atoms with van der Waals surface area (Å²) in [6.07, 6.45) is 3.14. The maximum Gasteiger partial charge on any atom is 0.293 e. The van der Waals surface area contributed by atoms with Crippen molar-refractivity contribution in [1.82, 2.24) is 9.55 Å². The molecule has 1 N–H and O–H groups in total. The Morgan fingerprint density at radius 1 is 1.35 bits per heavy atom. The number of likely N-dealkylation sites (N-methyl/N-ethyl adjacent to an activating group) is 1. The Labute approximate surface area is 143 Å². The molecule has 0 aliphatic rings. The van der Waals surface area contributed by atoms with E-state index in [1.807, 2.05) is 6.92 Å². The van der Waals surface area contributed by atoms with Gasteiger partial charge in [-0.15, -0.1) is 0 Å². The third kappa shape index (κ3) is 4.24. The van der Waals surface area contributed by atoms with E-state index in [-0.39, 0.29) is 23.8 Å². The number of carbonyl (C=O) groups excluding carboxylic acids is 1. The van der Waals surface area contributed by atoms with Gasteiger partial charge in [0.2, 0.25) is 5.91 Å². The van der Waals surface area contributed by atoms with Gasteiger partial charge in [-0.2, -0.15) is 0 Å². The van der Waals surface area contributed by atoms with E-state index in [2.05, 4.69) is 10.3 Å². The molecule has 0 saturated heterocycles. The van der Waals surface area contributed by atoms with E-state index in [0.717, 1.165) is 0 Å². The third-order valence-electron chi connectivity index (χ3n) is 3.18. The molecule has 0 unspecified atom stereocenters. The number of rotatable bonds is 5. The van der Waals surface area contributed by atoms with E-state index < -0.39 is 0 Å². The molecule has 0 saturated carbocycles. The number of aryl methyl sites for hydroxylation is 1. The van der Waals surface area contributed by atoms with Crippen molar-refractivity contribution in [2.24, 2.45) is 0 Å². The van der Waals surface area contributed by atoms with Gasteiger partial charge >= 0.3 is 0 Å². The molecule has 1 aromatic carbocycles. The van der Waals surface area contributed by atoms with Crippen LogP contribution in [0.3, 0.4) is 0 Å². The summed E-state index contributed by atoms with van der Waals surface area (Å²) in [7, 11) is 1.64. The number of nitrogens with one attached hydrogen (secondary N) is 1. The van der Waals surface area contributed by atoms with Crippen molar-refractivity contribution in [3.05, 3.63) is 51.0 Å². The van der Waals surface area contributed by atoms with Crippen LogP contribution in [0.4, 0.5) is 11.5 Å². The van der Waals surface area contributed by atoms with Crippen LogP contribution < -0.4 is 15.8 Å². The molecule has 122 valence electrons. The average Bonchev–Trinajstić information content (AvgIpc) is 2.51. The Balaban J connectivity index is 2.08. The Kier molecular flexibility index (Phi) is 5.63. The molecular weight excluding hydrogens is 339 g/mol. The molecule has 1 amide bonds. The monoisotopic (exact) mass is 354 g/mol. The molecule has 2 rings (SSSR count). The van der Waals surface area contributed by atoms with Gasteiger partial charge < -0.3 is 14.8 Å². The lowest BCUT2D eigenvalue weighted by atomic mass is 10.3. The lowest BCUT2D eigenvalue weighted by molar-refractivity contribution is -0.114. The number of amides is 1. The quantitative estimate of drug-likeness (QED) is 0.896. The second-order valence-corrected chi connectivity index (χ2v) is 5.69. The maximum absolute atomic E-state index is 12.2. The first kappa shape index (κ1) is 17.3. The second-order valence-electron chi connectivity index (χ2n) is 4.88. The molecule has 0 aliphatic heterocycles. The zero-order chi connectivity index (χ0) is 17.0. The predicted molar refractivity (Wildman–Crippen MR) is 92.5 cm³/mol. The van der Waals surface area contributed by atoms with Gasteiger partial charge in [-0.25, -0.2) is 4.98 Å². The summed E-state index contributed by atoms with van der Waals surface area (Å²) in [5.41, 5.74) is 0.296. The topological polar surface area (TPSA) is 67.2 Å². The largest absolute Gasteiger partial charge is 0.346 e. The molecule has 1 aromatic heterocycles. The number of hydrogen-bond donors (Lipinski definition) is 1. The highest BCUT2D eigenvalue weighted by Gasteiger charge is 2.13. The van der Waals surface area contributed by atoms with Crippen molar-refractivity contribution in [3.8, 4) is 0 Å². The number of hydrogen-bond acceptors (Lipinski definition) is 4. The van der Waals surface area contributed by atoms with E-state index in [1.54, 1.807) is 31.4 Å². The fourth-order valence-corrected chi connectivity index (χ4v) is 2.31. The van der Waals surface area contributed by atoms with Crippen LogP contribution in [-0.4, -0.2) is 29.1 Å². The summed E-state index contributed by atoms with van der Waals surface area (Å²) in [6.45, 7) is 2.38. The summed E-state index contributed by atoms with van der Waals surface area (Å²) in [5, 5.41) is 3.47. The van der Waals surface area contributed by atoms with Crippen LogP contribution in [0.15, 0.2) is 35.4 Å². The molecule has 0 radical (unpaired) electrons. The zero-order valence-corrected chi connectivity index (χ0v) is 14.2. The molecule has 2 aromatic rings. The van der Waals surface area contributed by atoms with Crippen molar-refractivity contribution in [2.75, 3.05) is 23.8 Å². The highest BCUT2D eigenvalue weighted by Crippen LogP contribution is 2.24. The van der Waals surface area contributed by atoms with Gasteiger partial charge in [0.15, 0.2) is 5.82 Å². The Hall–Kier alpha value is -2.05. The molecule has 1 heterocycles. The highest BCUT2D eigenvalue weighted by molar-refractivity contribution is 6.42. The number of nitrogens with zero attached hydrogens (tertiary/aromatic N) is 3. The number of halogens is 2. The molecule has 0 atom stereocenters. The van der Waals surface area contributed by atoms with Crippen molar-refractivity contribution >= 4 is 40.6 Å². The lowest BCUT2D eigenvalue weighted by Crippen LogP contribution is -2.36. The first-order chi connectivity index (χ1) is 10.9. The normalized spacial score (nSPS) is 10.4. The van der Waals surface area contributed by atoms with Crippen LogP contribution in [0.2, 0.25) is 10.0 Å². The van der Waals surface area contributed by atoms with Crippen molar-refractivity contribution in [3.63, 3.8) is 0 Å². The molecular formula is C15H16Cl2N4O2.